The second kappa shape index (κ2) is 5.02. The number of fused-ring (bicyclic) bond motifs is 2. The number of anilines is 1. The van der Waals surface area contributed by atoms with Crippen LogP contribution < -0.4 is 5.32 Å². The van der Waals surface area contributed by atoms with Crippen molar-refractivity contribution in [2.45, 2.75) is 19.9 Å². The third-order valence-electron chi connectivity index (χ3n) is 4.43. The summed E-state index contributed by atoms with van der Waals surface area (Å²) in [6, 6.07) is 14.6. The first-order valence-electron chi connectivity index (χ1n) is 7.66. The smallest absolute Gasteiger partial charge is 0.257 e. The van der Waals surface area contributed by atoms with E-state index >= 15 is 0 Å². The molecule has 3 nitrogen and oxygen atoms in total. The maximum absolute atomic E-state index is 12.3. The number of benzene rings is 2. The summed E-state index contributed by atoms with van der Waals surface area (Å²) < 4.78 is 0. The molecule has 1 amide bonds. The molecule has 0 radical (unpaired) electrons. The molecule has 0 saturated carbocycles. The minimum atomic E-state index is -0.000501. The van der Waals surface area contributed by atoms with Gasteiger partial charge in [0.1, 0.15) is 0 Å². The van der Waals surface area contributed by atoms with Crippen molar-refractivity contribution in [3.8, 4) is 0 Å². The predicted octanol–water partition coefficient (Wildman–Crippen LogP) is 3.35. The van der Waals surface area contributed by atoms with Gasteiger partial charge in [-0.25, -0.2) is 0 Å². The Hall–Kier alpha value is -2.55. The molecule has 22 heavy (non-hydrogen) atoms. The van der Waals surface area contributed by atoms with Crippen molar-refractivity contribution in [1.82, 2.24) is 4.90 Å². The fourth-order valence-electron chi connectivity index (χ4n) is 3.24. The molecule has 0 bridgehead atoms. The number of hydrogen-bond donors (Lipinski definition) is 1. The van der Waals surface area contributed by atoms with Gasteiger partial charge in [-0.05, 0) is 36.6 Å². The predicted molar refractivity (Wildman–Crippen MR) is 88.3 cm³/mol. The summed E-state index contributed by atoms with van der Waals surface area (Å²) in [6.45, 7) is 3.88. The lowest BCUT2D eigenvalue weighted by molar-refractivity contribution is -0.110. The SMILES string of the molecule is Cc1ccc2c(c1)/C(=C\N1CCc3ccccc3C1)C(=O)N2. The highest BCUT2D eigenvalue weighted by Crippen LogP contribution is 2.33. The van der Waals surface area contributed by atoms with E-state index in [1.807, 2.05) is 18.3 Å². The van der Waals surface area contributed by atoms with E-state index in [1.54, 1.807) is 0 Å². The van der Waals surface area contributed by atoms with Crippen LogP contribution in [0.3, 0.4) is 0 Å². The van der Waals surface area contributed by atoms with Crippen LogP contribution in [-0.2, 0) is 17.8 Å². The first-order chi connectivity index (χ1) is 10.7. The number of hydrogen-bond acceptors (Lipinski definition) is 2. The highest BCUT2D eigenvalue weighted by molar-refractivity contribution is 6.31. The molecule has 2 heterocycles. The second-order valence-electron chi connectivity index (χ2n) is 6.04. The molecule has 0 saturated heterocycles. The van der Waals surface area contributed by atoms with Gasteiger partial charge in [-0.3, -0.25) is 4.79 Å². The summed E-state index contributed by atoms with van der Waals surface area (Å²) in [7, 11) is 0. The molecule has 0 aliphatic carbocycles. The molecule has 0 spiro atoms. The van der Waals surface area contributed by atoms with Crippen LogP contribution in [0.4, 0.5) is 5.69 Å². The van der Waals surface area contributed by atoms with E-state index < -0.39 is 0 Å². The highest BCUT2D eigenvalue weighted by atomic mass is 16.2. The Bertz CT molecular complexity index is 792. The molecule has 4 rings (SSSR count). The largest absolute Gasteiger partial charge is 0.372 e. The van der Waals surface area contributed by atoms with Crippen molar-refractivity contribution in [2.24, 2.45) is 0 Å². The second-order valence-corrected chi connectivity index (χ2v) is 6.04. The molecule has 3 heteroatoms. The fraction of sp³-hybridized carbons (Fsp3) is 0.211. The van der Waals surface area contributed by atoms with Crippen LogP contribution in [0.5, 0.6) is 0 Å². The van der Waals surface area contributed by atoms with Crippen molar-refractivity contribution in [3.05, 3.63) is 70.9 Å². The summed E-state index contributed by atoms with van der Waals surface area (Å²) in [5, 5.41) is 2.95. The highest BCUT2D eigenvalue weighted by Gasteiger charge is 2.25. The third kappa shape index (κ3) is 2.19. The maximum atomic E-state index is 12.3. The zero-order chi connectivity index (χ0) is 15.1. The topological polar surface area (TPSA) is 32.3 Å². The minimum absolute atomic E-state index is 0.000501. The molecular weight excluding hydrogens is 272 g/mol. The number of carbonyl (C=O) groups is 1. The van der Waals surface area contributed by atoms with Crippen molar-refractivity contribution in [2.75, 3.05) is 11.9 Å². The van der Waals surface area contributed by atoms with Crippen LogP contribution in [-0.4, -0.2) is 17.4 Å². The van der Waals surface area contributed by atoms with Gasteiger partial charge in [-0.15, -0.1) is 0 Å². The van der Waals surface area contributed by atoms with Crippen LogP contribution >= 0.6 is 0 Å². The first kappa shape index (κ1) is 13.1. The summed E-state index contributed by atoms with van der Waals surface area (Å²) in [5.41, 5.74) is 6.66. The van der Waals surface area contributed by atoms with E-state index in [2.05, 4.69) is 47.5 Å². The summed E-state index contributed by atoms with van der Waals surface area (Å²) in [4.78, 5) is 14.5. The molecule has 2 aromatic carbocycles. The molecule has 0 aromatic heterocycles. The Morgan fingerprint density at radius 1 is 1.14 bits per heavy atom. The van der Waals surface area contributed by atoms with Gasteiger partial charge in [-0.2, -0.15) is 0 Å². The van der Waals surface area contributed by atoms with E-state index in [4.69, 9.17) is 0 Å². The van der Waals surface area contributed by atoms with Crippen molar-refractivity contribution < 1.29 is 4.79 Å². The normalized spacial score (nSPS) is 18.1. The van der Waals surface area contributed by atoms with Crippen LogP contribution in [0.25, 0.3) is 5.57 Å². The number of rotatable bonds is 1. The van der Waals surface area contributed by atoms with Gasteiger partial charge in [0, 0.05) is 30.5 Å². The van der Waals surface area contributed by atoms with Gasteiger partial charge in [-0.1, -0.05) is 35.9 Å². The minimum Gasteiger partial charge on any atom is -0.372 e. The molecular formula is C19H18N2O. The average molecular weight is 290 g/mol. The van der Waals surface area contributed by atoms with Gasteiger partial charge in [0.25, 0.3) is 5.91 Å². The van der Waals surface area contributed by atoms with E-state index in [0.717, 1.165) is 36.3 Å². The van der Waals surface area contributed by atoms with Crippen LogP contribution in [0.15, 0.2) is 48.7 Å². The van der Waals surface area contributed by atoms with Gasteiger partial charge in [0.15, 0.2) is 0 Å². The lowest BCUT2D eigenvalue weighted by Gasteiger charge is -2.28. The molecule has 0 unspecified atom stereocenters. The Labute approximate surface area is 130 Å². The fourth-order valence-corrected chi connectivity index (χ4v) is 3.24. The van der Waals surface area contributed by atoms with Gasteiger partial charge >= 0.3 is 0 Å². The van der Waals surface area contributed by atoms with Gasteiger partial charge < -0.3 is 10.2 Å². The van der Waals surface area contributed by atoms with Crippen molar-refractivity contribution in [1.29, 1.82) is 0 Å². The summed E-state index contributed by atoms with van der Waals surface area (Å²) in [6.07, 6.45) is 3.05. The van der Waals surface area contributed by atoms with Crippen molar-refractivity contribution >= 4 is 17.2 Å². The quantitative estimate of drug-likeness (QED) is 0.817. The van der Waals surface area contributed by atoms with E-state index in [0.29, 0.717) is 0 Å². The number of aryl methyl sites for hydroxylation is 1. The monoisotopic (exact) mass is 290 g/mol. The Morgan fingerprint density at radius 2 is 1.95 bits per heavy atom. The molecule has 2 aliphatic heterocycles. The Morgan fingerprint density at radius 3 is 2.82 bits per heavy atom. The number of nitrogens with zero attached hydrogens (tertiary/aromatic N) is 1. The molecule has 0 fully saturated rings. The average Bonchev–Trinajstić information content (AvgIpc) is 2.83. The third-order valence-corrected chi connectivity index (χ3v) is 4.43. The molecule has 2 aromatic rings. The molecule has 110 valence electrons. The zero-order valence-corrected chi connectivity index (χ0v) is 12.6. The number of nitrogens with one attached hydrogen (secondary N) is 1. The maximum Gasteiger partial charge on any atom is 0.257 e. The molecule has 1 N–H and O–H groups in total. The number of amides is 1. The summed E-state index contributed by atoms with van der Waals surface area (Å²) >= 11 is 0. The summed E-state index contributed by atoms with van der Waals surface area (Å²) in [5.74, 6) is -0.000501. The molecule has 2 aliphatic rings. The van der Waals surface area contributed by atoms with Crippen LogP contribution in [0.2, 0.25) is 0 Å². The number of carbonyl (C=O) groups excluding carboxylic acids is 1. The van der Waals surface area contributed by atoms with Gasteiger partial charge in [0.2, 0.25) is 0 Å². The Balaban J connectivity index is 1.67. The van der Waals surface area contributed by atoms with Crippen LogP contribution in [0.1, 0.15) is 22.3 Å². The van der Waals surface area contributed by atoms with Crippen LogP contribution in [0, 0.1) is 6.92 Å². The Kier molecular flexibility index (Phi) is 3.00. The van der Waals surface area contributed by atoms with E-state index in [-0.39, 0.29) is 5.91 Å². The first-order valence-corrected chi connectivity index (χ1v) is 7.66. The van der Waals surface area contributed by atoms with Gasteiger partial charge in [0.05, 0.1) is 5.57 Å². The standard InChI is InChI=1S/C19H18N2O/c1-13-6-7-18-16(10-13)17(19(22)20-18)12-21-9-8-14-4-2-3-5-15(14)11-21/h2-7,10,12H,8-9,11H2,1H3,(H,20,22)/b17-12+. The van der Waals surface area contributed by atoms with E-state index in [9.17, 15) is 4.79 Å². The lowest BCUT2D eigenvalue weighted by atomic mass is 9.99. The van der Waals surface area contributed by atoms with Crippen molar-refractivity contribution in [3.63, 3.8) is 0 Å². The zero-order valence-electron chi connectivity index (χ0n) is 12.6. The van der Waals surface area contributed by atoms with E-state index in [1.165, 1.54) is 16.7 Å². The molecule has 0 atom stereocenters. The lowest BCUT2D eigenvalue weighted by Crippen LogP contribution is -2.26.